The second-order valence-corrected chi connectivity index (χ2v) is 4.60. The summed E-state index contributed by atoms with van der Waals surface area (Å²) in [6.45, 7) is 0. The van der Waals surface area contributed by atoms with E-state index in [9.17, 15) is 9.59 Å². The summed E-state index contributed by atoms with van der Waals surface area (Å²) in [6, 6.07) is -0.189. The third kappa shape index (κ3) is 3.81. The topological polar surface area (TPSA) is 75.4 Å². The molecular weight excluding hydrogens is 206 g/mol. The average Bonchev–Trinajstić information content (AvgIpc) is 2.68. The highest BCUT2D eigenvalue weighted by atomic mass is 16.2. The first-order valence-electron chi connectivity index (χ1n) is 5.76. The summed E-state index contributed by atoms with van der Waals surface area (Å²) in [5.74, 6) is -0.517. The maximum absolute atomic E-state index is 11.5. The third-order valence-electron chi connectivity index (χ3n) is 3.01. The fourth-order valence-electron chi connectivity index (χ4n) is 1.98. The van der Waals surface area contributed by atoms with Crippen molar-refractivity contribution < 1.29 is 9.59 Å². The minimum Gasteiger partial charge on any atom is -0.368 e. The maximum atomic E-state index is 11.5. The highest BCUT2D eigenvalue weighted by Gasteiger charge is 2.25. The summed E-state index contributed by atoms with van der Waals surface area (Å²) in [5, 5.41) is 3.18. The number of hydrogen-bond acceptors (Lipinski definition) is 3. The number of carbonyl (C=O) groups is 2. The van der Waals surface area contributed by atoms with Crippen LogP contribution < -0.4 is 11.1 Å². The molecule has 0 heterocycles. The molecule has 1 saturated carbocycles. The number of primary amides is 1. The molecule has 0 aromatic rings. The van der Waals surface area contributed by atoms with E-state index in [4.69, 9.17) is 5.73 Å². The van der Waals surface area contributed by atoms with E-state index in [1.807, 2.05) is 0 Å². The average molecular weight is 227 g/mol. The highest BCUT2D eigenvalue weighted by molar-refractivity contribution is 5.87. The smallest absolute Gasteiger partial charge is 0.235 e. The zero-order valence-electron chi connectivity index (χ0n) is 10.0. The van der Waals surface area contributed by atoms with Gasteiger partial charge in [0.05, 0.1) is 12.5 Å². The van der Waals surface area contributed by atoms with Crippen LogP contribution in [0.5, 0.6) is 0 Å². The molecule has 0 aromatic carbocycles. The van der Waals surface area contributed by atoms with Gasteiger partial charge in [0.25, 0.3) is 0 Å². The number of rotatable bonds is 5. The molecule has 0 saturated heterocycles. The van der Waals surface area contributed by atoms with Gasteiger partial charge in [-0.25, -0.2) is 0 Å². The summed E-state index contributed by atoms with van der Waals surface area (Å²) >= 11 is 0. The Balaban J connectivity index is 2.47. The molecule has 0 aromatic heterocycles. The molecule has 5 heteroatoms. The number of nitrogens with zero attached hydrogens (tertiary/aromatic N) is 1. The van der Waals surface area contributed by atoms with E-state index in [1.54, 1.807) is 14.1 Å². The largest absolute Gasteiger partial charge is 0.368 e. The Morgan fingerprint density at radius 3 is 2.38 bits per heavy atom. The first-order valence-corrected chi connectivity index (χ1v) is 5.76. The fraction of sp³-hybridized carbons (Fsp3) is 0.818. The van der Waals surface area contributed by atoms with Crippen LogP contribution in [0.2, 0.25) is 0 Å². The van der Waals surface area contributed by atoms with Gasteiger partial charge in [-0.2, -0.15) is 0 Å². The van der Waals surface area contributed by atoms with Crippen LogP contribution in [0.25, 0.3) is 0 Å². The van der Waals surface area contributed by atoms with E-state index in [0.29, 0.717) is 6.04 Å². The summed E-state index contributed by atoms with van der Waals surface area (Å²) in [4.78, 5) is 24.2. The van der Waals surface area contributed by atoms with E-state index in [0.717, 1.165) is 12.8 Å². The fourth-order valence-corrected chi connectivity index (χ4v) is 1.98. The van der Waals surface area contributed by atoms with E-state index >= 15 is 0 Å². The maximum Gasteiger partial charge on any atom is 0.235 e. The number of nitrogens with one attached hydrogen (secondary N) is 1. The molecule has 0 aliphatic heterocycles. The van der Waals surface area contributed by atoms with Crippen LogP contribution >= 0.6 is 0 Å². The molecule has 0 bridgehead atoms. The van der Waals surface area contributed by atoms with Gasteiger partial charge in [-0.15, -0.1) is 0 Å². The van der Waals surface area contributed by atoms with Gasteiger partial charge in [0.15, 0.2) is 0 Å². The molecule has 92 valence electrons. The molecule has 3 N–H and O–H groups in total. The molecule has 0 spiro atoms. The quantitative estimate of drug-likeness (QED) is 0.686. The van der Waals surface area contributed by atoms with Crippen LogP contribution in [0.15, 0.2) is 0 Å². The Hall–Kier alpha value is -1.10. The van der Waals surface area contributed by atoms with Crippen molar-refractivity contribution in [2.45, 2.75) is 44.2 Å². The molecule has 1 atom stereocenters. The standard InChI is InChI=1S/C11H21N3O2/c1-14(2)10(15)7-9(11(12)16)13-8-5-3-4-6-8/h8-9,13H,3-7H2,1-2H3,(H2,12,16). The minimum absolute atomic E-state index is 0.0747. The molecule has 1 fully saturated rings. The van der Waals surface area contributed by atoms with Gasteiger partial charge in [-0.05, 0) is 12.8 Å². The van der Waals surface area contributed by atoms with Crippen LogP contribution in [0.4, 0.5) is 0 Å². The zero-order chi connectivity index (χ0) is 12.1. The first kappa shape index (κ1) is 13.0. The lowest BCUT2D eigenvalue weighted by molar-refractivity contribution is -0.132. The SMILES string of the molecule is CN(C)C(=O)CC(NC1CCCC1)C(N)=O. The molecule has 1 aliphatic rings. The summed E-state index contributed by atoms with van der Waals surface area (Å²) < 4.78 is 0. The summed E-state index contributed by atoms with van der Waals surface area (Å²) in [7, 11) is 3.35. The Labute approximate surface area is 96.4 Å². The summed E-state index contributed by atoms with van der Waals surface area (Å²) in [6.07, 6.45) is 4.66. The number of amides is 2. The third-order valence-corrected chi connectivity index (χ3v) is 3.01. The first-order chi connectivity index (χ1) is 7.50. The second kappa shape index (κ2) is 5.84. The number of carbonyl (C=O) groups excluding carboxylic acids is 2. The Morgan fingerprint density at radius 2 is 1.94 bits per heavy atom. The van der Waals surface area contributed by atoms with Gasteiger partial charge >= 0.3 is 0 Å². The van der Waals surface area contributed by atoms with Gasteiger partial charge < -0.3 is 16.0 Å². The zero-order valence-corrected chi connectivity index (χ0v) is 10.0. The Morgan fingerprint density at radius 1 is 1.38 bits per heavy atom. The van der Waals surface area contributed by atoms with Crippen molar-refractivity contribution in [3.8, 4) is 0 Å². The lowest BCUT2D eigenvalue weighted by atomic mass is 10.1. The molecule has 1 unspecified atom stereocenters. The van der Waals surface area contributed by atoms with Gasteiger partial charge in [0, 0.05) is 20.1 Å². The van der Waals surface area contributed by atoms with E-state index in [2.05, 4.69) is 5.32 Å². The lowest BCUT2D eigenvalue weighted by Crippen LogP contribution is -2.48. The molecule has 16 heavy (non-hydrogen) atoms. The van der Waals surface area contributed by atoms with Crippen molar-refractivity contribution >= 4 is 11.8 Å². The Bertz CT molecular complexity index is 260. The lowest BCUT2D eigenvalue weighted by Gasteiger charge is -2.21. The second-order valence-electron chi connectivity index (χ2n) is 4.60. The van der Waals surface area contributed by atoms with Crippen molar-refractivity contribution in [1.82, 2.24) is 10.2 Å². The number of nitrogens with two attached hydrogens (primary N) is 1. The van der Waals surface area contributed by atoms with Crippen LogP contribution in [0.3, 0.4) is 0 Å². The van der Waals surface area contributed by atoms with Crippen LogP contribution in [-0.2, 0) is 9.59 Å². The van der Waals surface area contributed by atoms with E-state index in [-0.39, 0.29) is 12.3 Å². The predicted octanol–water partition coefficient (Wildman–Crippen LogP) is -0.149. The molecule has 5 nitrogen and oxygen atoms in total. The van der Waals surface area contributed by atoms with E-state index in [1.165, 1.54) is 17.7 Å². The molecule has 0 radical (unpaired) electrons. The van der Waals surface area contributed by atoms with Gasteiger partial charge in [-0.3, -0.25) is 9.59 Å². The van der Waals surface area contributed by atoms with Crippen LogP contribution in [0, 0.1) is 0 Å². The van der Waals surface area contributed by atoms with Crippen molar-refractivity contribution in [2.75, 3.05) is 14.1 Å². The van der Waals surface area contributed by atoms with Crippen molar-refractivity contribution in [2.24, 2.45) is 5.73 Å². The van der Waals surface area contributed by atoms with Crippen LogP contribution in [0.1, 0.15) is 32.1 Å². The monoisotopic (exact) mass is 227 g/mol. The van der Waals surface area contributed by atoms with Crippen LogP contribution in [-0.4, -0.2) is 42.9 Å². The molecular formula is C11H21N3O2. The predicted molar refractivity (Wildman–Crippen MR) is 61.7 cm³/mol. The van der Waals surface area contributed by atoms with Crippen molar-refractivity contribution in [1.29, 1.82) is 0 Å². The van der Waals surface area contributed by atoms with Crippen molar-refractivity contribution in [3.05, 3.63) is 0 Å². The highest BCUT2D eigenvalue weighted by Crippen LogP contribution is 2.18. The van der Waals surface area contributed by atoms with Crippen molar-refractivity contribution in [3.63, 3.8) is 0 Å². The summed E-state index contributed by atoms with van der Waals surface area (Å²) in [5.41, 5.74) is 5.29. The molecule has 2 amide bonds. The van der Waals surface area contributed by atoms with Gasteiger partial charge in [0.1, 0.15) is 0 Å². The van der Waals surface area contributed by atoms with Gasteiger partial charge in [0.2, 0.25) is 11.8 Å². The normalized spacial score (nSPS) is 18.4. The number of hydrogen-bond donors (Lipinski definition) is 2. The minimum atomic E-state index is -0.530. The van der Waals surface area contributed by atoms with Gasteiger partial charge in [-0.1, -0.05) is 12.8 Å². The Kier molecular flexibility index (Phi) is 4.73. The molecule has 1 rings (SSSR count). The molecule has 1 aliphatic carbocycles. The van der Waals surface area contributed by atoms with E-state index < -0.39 is 11.9 Å².